The van der Waals surface area contributed by atoms with Crippen molar-refractivity contribution in [1.82, 2.24) is 10.6 Å². The first kappa shape index (κ1) is 11.1. The van der Waals surface area contributed by atoms with Gasteiger partial charge < -0.3 is 10.6 Å². The second kappa shape index (κ2) is 4.66. The molecule has 0 unspecified atom stereocenters. The summed E-state index contributed by atoms with van der Waals surface area (Å²) in [6.45, 7) is 5.71. The van der Waals surface area contributed by atoms with Crippen molar-refractivity contribution >= 4 is 5.91 Å². The number of carbonyl (C=O) groups excluding carboxylic acids is 1. The predicted molar refractivity (Wildman–Crippen MR) is 64.1 cm³/mol. The molecule has 0 bridgehead atoms. The van der Waals surface area contributed by atoms with Gasteiger partial charge >= 0.3 is 0 Å². The largest absolute Gasteiger partial charge is 0.349 e. The van der Waals surface area contributed by atoms with Crippen LogP contribution >= 0.6 is 0 Å². The van der Waals surface area contributed by atoms with E-state index in [1.807, 2.05) is 13.0 Å². The average molecular weight is 218 g/mol. The summed E-state index contributed by atoms with van der Waals surface area (Å²) in [6, 6.07) is 8.35. The monoisotopic (exact) mass is 218 g/mol. The first-order valence-electron chi connectivity index (χ1n) is 5.74. The summed E-state index contributed by atoms with van der Waals surface area (Å²) in [7, 11) is 0. The molecule has 3 nitrogen and oxygen atoms in total. The van der Waals surface area contributed by atoms with Crippen molar-refractivity contribution in [2.45, 2.75) is 19.9 Å². The zero-order chi connectivity index (χ0) is 11.5. The molecule has 1 atom stereocenters. The molecule has 1 aromatic carbocycles. The fourth-order valence-corrected chi connectivity index (χ4v) is 1.83. The molecule has 3 heteroatoms. The molecule has 1 saturated heterocycles. The Hall–Kier alpha value is -1.35. The van der Waals surface area contributed by atoms with E-state index in [1.54, 1.807) is 0 Å². The van der Waals surface area contributed by atoms with Crippen LogP contribution in [0, 0.1) is 12.8 Å². The Labute approximate surface area is 96.2 Å². The lowest BCUT2D eigenvalue weighted by atomic mass is 10.0. The molecule has 1 amide bonds. The Morgan fingerprint density at radius 2 is 2.25 bits per heavy atom. The minimum absolute atomic E-state index is 0.0907. The predicted octanol–water partition coefficient (Wildman–Crippen LogP) is 1.39. The van der Waals surface area contributed by atoms with Gasteiger partial charge in [-0.2, -0.15) is 0 Å². The van der Waals surface area contributed by atoms with Gasteiger partial charge in [0.1, 0.15) is 0 Å². The quantitative estimate of drug-likeness (QED) is 0.805. The summed E-state index contributed by atoms with van der Waals surface area (Å²) in [6.07, 6.45) is 0. The maximum atomic E-state index is 11.7. The number of hydrogen-bond donors (Lipinski definition) is 2. The third-order valence-corrected chi connectivity index (χ3v) is 3.05. The molecular formula is C13H18N2O. The minimum Gasteiger partial charge on any atom is -0.349 e. The maximum absolute atomic E-state index is 11.7. The molecule has 0 aromatic heterocycles. The number of aryl methyl sites for hydroxylation is 1. The molecule has 2 N–H and O–H groups in total. The van der Waals surface area contributed by atoms with Gasteiger partial charge in [-0.25, -0.2) is 0 Å². The van der Waals surface area contributed by atoms with Crippen molar-refractivity contribution < 1.29 is 4.79 Å². The number of amides is 1. The molecular weight excluding hydrogens is 200 g/mol. The van der Waals surface area contributed by atoms with E-state index in [-0.39, 0.29) is 17.9 Å². The summed E-state index contributed by atoms with van der Waals surface area (Å²) in [5.74, 6) is 0.319. The highest BCUT2D eigenvalue weighted by Crippen LogP contribution is 2.15. The third kappa shape index (κ3) is 2.42. The van der Waals surface area contributed by atoms with Crippen molar-refractivity contribution in [3.05, 3.63) is 35.4 Å². The number of hydrogen-bond acceptors (Lipinski definition) is 2. The highest BCUT2D eigenvalue weighted by atomic mass is 16.2. The van der Waals surface area contributed by atoms with Gasteiger partial charge in [0.2, 0.25) is 5.91 Å². The maximum Gasteiger partial charge on any atom is 0.226 e. The van der Waals surface area contributed by atoms with Gasteiger partial charge in [-0.1, -0.05) is 29.8 Å². The van der Waals surface area contributed by atoms with E-state index in [4.69, 9.17) is 0 Å². The number of benzene rings is 1. The van der Waals surface area contributed by atoms with Gasteiger partial charge in [0.25, 0.3) is 0 Å². The van der Waals surface area contributed by atoms with Crippen LogP contribution in [-0.4, -0.2) is 19.0 Å². The molecule has 1 aliphatic rings. The van der Waals surface area contributed by atoms with E-state index in [0.29, 0.717) is 0 Å². The summed E-state index contributed by atoms with van der Waals surface area (Å²) in [5.41, 5.74) is 2.39. The van der Waals surface area contributed by atoms with E-state index in [9.17, 15) is 4.79 Å². The Balaban J connectivity index is 1.96. The van der Waals surface area contributed by atoms with E-state index in [2.05, 4.69) is 35.8 Å². The molecule has 1 heterocycles. The smallest absolute Gasteiger partial charge is 0.226 e. The van der Waals surface area contributed by atoms with Crippen LogP contribution < -0.4 is 10.6 Å². The summed E-state index contributed by atoms with van der Waals surface area (Å²) >= 11 is 0. The van der Waals surface area contributed by atoms with E-state index in [0.717, 1.165) is 13.1 Å². The zero-order valence-electron chi connectivity index (χ0n) is 9.79. The van der Waals surface area contributed by atoms with Crippen molar-refractivity contribution in [3.8, 4) is 0 Å². The number of nitrogens with one attached hydrogen (secondary N) is 2. The molecule has 2 rings (SSSR count). The number of carbonyl (C=O) groups is 1. The number of rotatable bonds is 3. The standard InChI is InChI=1S/C13H18N2O/c1-9-4-3-5-11(6-9)10(2)15-13(16)12-7-14-8-12/h3-6,10,12,14H,7-8H2,1-2H3,(H,15,16)/t10-/m1/s1. The van der Waals surface area contributed by atoms with Crippen LogP contribution in [0.3, 0.4) is 0 Å². The molecule has 16 heavy (non-hydrogen) atoms. The minimum atomic E-state index is 0.0907. The molecule has 1 aromatic rings. The topological polar surface area (TPSA) is 41.1 Å². The first-order chi connectivity index (χ1) is 7.66. The SMILES string of the molecule is Cc1cccc([C@@H](C)NC(=O)C2CNC2)c1. The molecule has 0 saturated carbocycles. The van der Waals surface area contributed by atoms with E-state index in [1.165, 1.54) is 11.1 Å². The Morgan fingerprint density at radius 3 is 2.81 bits per heavy atom. The Morgan fingerprint density at radius 1 is 1.50 bits per heavy atom. The van der Waals surface area contributed by atoms with E-state index >= 15 is 0 Å². The van der Waals surface area contributed by atoms with E-state index < -0.39 is 0 Å². The Bertz CT molecular complexity index is 385. The summed E-state index contributed by atoms with van der Waals surface area (Å²) in [5, 5.41) is 6.15. The average Bonchev–Trinajstić information content (AvgIpc) is 2.14. The lowest BCUT2D eigenvalue weighted by Crippen LogP contribution is -2.51. The van der Waals surface area contributed by atoms with Gasteiger partial charge in [-0.05, 0) is 19.4 Å². The van der Waals surface area contributed by atoms with Crippen LogP contribution in [0.2, 0.25) is 0 Å². The van der Waals surface area contributed by atoms with Crippen LogP contribution in [0.15, 0.2) is 24.3 Å². The summed E-state index contributed by atoms with van der Waals surface area (Å²) < 4.78 is 0. The van der Waals surface area contributed by atoms with Gasteiger partial charge in [0.05, 0.1) is 12.0 Å². The lowest BCUT2D eigenvalue weighted by Gasteiger charge is -2.27. The van der Waals surface area contributed by atoms with Crippen LogP contribution in [0.25, 0.3) is 0 Å². The van der Waals surface area contributed by atoms with Crippen LogP contribution in [0.1, 0.15) is 24.1 Å². The first-order valence-corrected chi connectivity index (χ1v) is 5.74. The third-order valence-electron chi connectivity index (χ3n) is 3.05. The van der Waals surface area contributed by atoms with Crippen LogP contribution in [0.4, 0.5) is 0 Å². The fourth-order valence-electron chi connectivity index (χ4n) is 1.83. The summed E-state index contributed by atoms with van der Waals surface area (Å²) in [4.78, 5) is 11.7. The van der Waals surface area contributed by atoms with Crippen molar-refractivity contribution in [2.75, 3.05) is 13.1 Å². The van der Waals surface area contributed by atoms with Crippen molar-refractivity contribution in [2.24, 2.45) is 5.92 Å². The molecule has 86 valence electrons. The Kier molecular flexibility index (Phi) is 3.25. The van der Waals surface area contributed by atoms with Gasteiger partial charge in [0.15, 0.2) is 0 Å². The fraction of sp³-hybridized carbons (Fsp3) is 0.462. The second-order valence-electron chi connectivity index (χ2n) is 4.50. The zero-order valence-corrected chi connectivity index (χ0v) is 9.79. The van der Waals surface area contributed by atoms with Crippen molar-refractivity contribution in [1.29, 1.82) is 0 Å². The molecule has 0 radical (unpaired) electrons. The highest BCUT2D eigenvalue weighted by Gasteiger charge is 2.25. The second-order valence-corrected chi connectivity index (χ2v) is 4.50. The molecule has 0 aliphatic carbocycles. The van der Waals surface area contributed by atoms with Crippen molar-refractivity contribution in [3.63, 3.8) is 0 Å². The van der Waals surface area contributed by atoms with Gasteiger partial charge in [0, 0.05) is 13.1 Å². The normalized spacial score (nSPS) is 17.6. The highest BCUT2D eigenvalue weighted by molar-refractivity contribution is 5.80. The molecule has 0 spiro atoms. The van der Waals surface area contributed by atoms with Crippen LogP contribution in [-0.2, 0) is 4.79 Å². The molecule has 1 fully saturated rings. The van der Waals surface area contributed by atoms with Crippen LogP contribution in [0.5, 0.6) is 0 Å². The molecule has 1 aliphatic heterocycles. The lowest BCUT2D eigenvalue weighted by molar-refractivity contribution is -0.127. The van der Waals surface area contributed by atoms with Gasteiger partial charge in [-0.3, -0.25) is 4.79 Å². The van der Waals surface area contributed by atoms with Gasteiger partial charge in [-0.15, -0.1) is 0 Å².